The molecule has 5 rings (SSSR count). The van der Waals surface area contributed by atoms with E-state index in [1.54, 1.807) is 17.8 Å². The summed E-state index contributed by atoms with van der Waals surface area (Å²) in [6.07, 6.45) is 4.33. The number of amides is 1. The summed E-state index contributed by atoms with van der Waals surface area (Å²) in [5, 5.41) is 4.81. The lowest BCUT2D eigenvalue weighted by molar-refractivity contribution is -0.118. The minimum atomic E-state index is -0.170. The molecular weight excluding hydrogens is 483 g/mol. The van der Waals surface area contributed by atoms with Crippen molar-refractivity contribution in [2.45, 2.75) is 30.6 Å². The topological polar surface area (TPSA) is 48.5 Å². The molecule has 0 radical (unpaired) electrons. The van der Waals surface area contributed by atoms with Crippen LogP contribution in [0.15, 0.2) is 47.4 Å². The number of fused-ring (bicyclic) bond motifs is 2. The molecule has 1 fully saturated rings. The molecule has 1 aliphatic carbocycles. The van der Waals surface area contributed by atoms with Crippen LogP contribution in [0.4, 0.5) is 10.1 Å². The molecule has 3 aromatic rings. The highest BCUT2D eigenvalue weighted by Gasteiger charge is 2.21. The maximum Gasteiger partial charge on any atom is 0.230 e. The van der Waals surface area contributed by atoms with E-state index in [0.29, 0.717) is 23.0 Å². The van der Waals surface area contributed by atoms with Crippen molar-refractivity contribution in [1.29, 1.82) is 0 Å². The summed E-state index contributed by atoms with van der Waals surface area (Å²) < 4.78 is 14.0. The van der Waals surface area contributed by atoms with Gasteiger partial charge in [-0.05, 0) is 61.6 Å². The van der Waals surface area contributed by atoms with Gasteiger partial charge in [-0.25, -0.2) is 4.39 Å². The molecule has 0 unspecified atom stereocenters. The average molecular weight is 513 g/mol. The molecule has 1 saturated heterocycles. The molecule has 2 aromatic carbocycles. The van der Waals surface area contributed by atoms with Crippen molar-refractivity contribution in [1.82, 2.24) is 15.2 Å². The lowest BCUT2D eigenvalue weighted by Gasteiger charge is -2.36. The zero-order valence-corrected chi connectivity index (χ0v) is 21.3. The Bertz CT molecular complexity index is 1220. The number of aromatic nitrogens is 1. The van der Waals surface area contributed by atoms with E-state index in [2.05, 4.69) is 15.1 Å². The quantitative estimate of drug-likeness (QED) is 0.454. The van der Waals surface area contributed by atoms with Gasteiger partial charge in [-0.15, -0.1) is 11.8 Å². The first-order valence-corrected chi connectivity index (χ1v) is 13.7. The third-order valence-electron chi connectivity index (χ3n) is 6.83. The van der Waals surface area contributed by atoms with Crippen LogP contribution >= 0.6 is 23.4 Å². The van der Waals surface area contributed by atoms with E-state index >= 15 is 0 Å². The maximum atomic E-state index is 14.0. The standard InChI is InChI=1S/C27H30ClFN4OS/c28-19-9-10-24-21(17-19)27(20-5-1-3-7-23(20)31-24)35-18-26(34)30-11-12-32-13-15-33(16-14-32)25-8-4-2-6-22(25)29/h2,4,6,8-10,17H,1,3,5,7,11-16,18H2,(H,30,34). The van der Waals surface area contributed by atoms with Gasteiger partial charge in [0.25, 0.3) is 0 Å². The molecule has 0 bridgehead atoms. The molecule has 0 spiro atoms. The van der Waals surface area contributed by atoms with Gasteiger partial charge in [0.1, 0.15) is 5.82 Å². The number of anilines is 1. The third kappa shape index (κ3) is 5.74. The van der Waals surface area contributed by atoms with Gasteiger partial charge in [-0.1, -0.05) is 23.7 Å². The van der Waals surface area contributed by atoms with Gasteiger partial charge in [-0.2, -0.15) is 0 Å². The summed E-state index contributed by atoms with van der Waals surface area (Å²) in [4.78, 5) is 23.1. The smallest absolute Gasteiger partial charge is 0.230 e. The number of carbonyl (C=O) groups excluding carboxylic acids is 1. The van der Waals surface area contributed by atoms with Crippen LogP contribution < -0.4 is 10.2 Å². The molecule has 1 aliphatic heterocycles. The predicted molar refractivity (Wildman–Crippen MR) is 142 cm³/mol. The molecule has 2 heterocycles. The Kier molecular flexibility index (Phi) is 7.75. The summed E-state index contributed by atoms with van der Waals surface area (Å²) in [6.45, 7) is 4.69. The Hall–Kier alpha value is -2.35. The van der Waals surface area contributed by atoms with Crippen molar-refractivity contribution in [3.63, 3.8) is 0 Å². The van der Waals surface area contributed by atoms with Gasteiger partial charge >= 0.3 is 0 Å². The van der Waals surface area contributed by atoms with Gasteiger partial charge in [0.2, 0.25) is 5.91 Å². The number of aryl methyl sites for hydroxylation is 1. The van der Waals surface area contributed by atoms with Crippen molar-refractivity contribution < 1.29 is 9.18 Å². The van der Waals surface area contributed by atoms with Crippen LogP contribution in [0.25, 0.3) is 10.9 Å². The van der Waals surface area contributed by atoms with Crippen LogP contribution in [0.1, 0.15) is 24.1 Å². The van der Waals surface area contributed by atoms with E-state index in [1.807, 2.05) is 30.3 Å². The zero-order valence-electron chi connectivity index (χ0n) is 19.7. The lowest BCUT2D eigenvalue weighted by atomic mass is 9.94. The molecule has 1 N–H and O–H groups in total. The van der Waals surface area contributed by atoms with Crippen LogP contribution in [0.2, 0.25) is 5.02 Å². The fourth-order valence-electron chi connectivity index (χ4n) is 4.98. The highest BCUT2D eigenvalue weighted by molar-refractivity contribution is 8.00. The Morgan fingerprint density at radius 3 is 2.71 bits per heavy atom. The number of carbonyl (C=O) groups is 1. The van der Waals surface area contributed by atoms with E-state index in [-0.39, 0.29) is 11.7 Å². The van der Waals surface area contributed by atoms with Gasteiger partial charge < -0.3 is 10.2 Å². The SMILES string of the molecule is O=C(CSc1c2c(nc3ccc(Cl)cc13)CCCC2)NCCN1CCN(c2ccccc2F)CC1. The third-order valence-corrected chi connectivity index (χ3v) is 8.23. The number of hydrogen-bond donors (Lipinski definition) is 1. The molecule has 1 aromatic heterocycles. The van der Waals surface area contributed by atoms with Crippen LogP contribution in [-0.4, -0.2) is 60.8 Å². The second-order valence-electron chi connectivity index (χ2n) is 9.15. The largest absolute Gasteiger partial charge is 0.367 e. The molecule has 1 amide bonds. The van der Waals surface area contributed by atoms with Gasteiger partial charge in [0.05, 0.1) is 17.0 Å². The van der Waals surface area contributed by atoms with E-state index in [1.165, 1.54) is 17.3 Å². The molecule has 0 atom stereocenters. The number of hydrogen-bond acceptors (Lipinski definition) is 5. The van der Waals surface area contributed by atoms with E-state index in [4.69, 9.17) is 16.6 Å². The second-order valence-corrected chi connectivity index (χ2v) is 10.6. The molecule has 5 nitrogen and oxygen atoms in total. The molecule has 8 heteroatoms. The summed E-state index contributed by atoms with van der Waals surface area (Å²) in [5.74, 6) is 0.242. The van der Waals surface area contributed by atoms with Crippen molar-refractivity contribution in [3.8, 4) is 0 Å². The van der Waals surface area contributed by atoms with Gasteiger partial charge in [0, 0.05) is 60.3 Å². The van der Waals surface area contributed by atoms with Gasteiger partial charge in [-0.3, -0.25) is 14.7 Å². The number of thioether (sulfide) groups is 1. The number of pyridine rings is 1. The number of halogens is 2. The fourth-order valence-corrected chi connectivity index (χ4v) is 6.24. The molecule has 2 aliphatic rings. The lowest BCUT2D eigenvalue weighted by Crippen LogP contribution is -2.48. The minimum absolute atomic E-state index is 0.0385. The first-order chi connectivity index (χ1) is 17.1. The average Bonchev–Trinajstić information content (AvgIpc) is 2.87. The van der Waals surface area contributed by atoms with Crippen molar-refractivity contribution in [3.05, 3.63) is 64.6 Å². The zero-order chi connectivity index (χ0) is 24.2. The first kappa shape index (κ1) is 24.3. The predicted octanol–water partition coefficient (Wildman–Crippen LogP) is 4.94. The Balaban J connectivity index is 1.13. The van der Waals surface area contributed by atoms with E-state index in [9.17, 15) is 9.18 Å². The van der Waals surface area contributed by atoms with Crippen molar-refractivity contribution >= 4 is 45.9 Å². The number of rotatable bonds is 7. The minimum Gasteiger partial charge on any atom is -0.367 e. The number of nitrogens with zero attached hydrogens (tertiary/aromatic N) is 3. The highest BCUT2D eigenvalue weighted by atomic mass is 35.5. The Morgan fingerprint density at radius 1 is 1.09 bits per heavy atom. The summed E-state index contributed by atoms with van der Waals surface area (Å²) in [6, 6.07) is 12.8. The normalized spacial score (nSPS) is 16.3. The summed E-state index contributed by atoms with van der Waals surface area (Å²) in [7, 11) is 0. The van der Waals surface area contributed by atoms with E-state index in [0.717, 1.165) is 74.2 Å². The number of benzene rings is 2. The van der Waals surface area contributed by atoms with Crippen molar-refractivity contribution in [2.75, 3.05) is 49.9 Å². The van der Waals surface area contributed by atoms with Crippen LogP contribution in [-0.2, 0) is 17.6 Å². The number of para-hydroxylation sites is 1. The molecule has 184 valence electrons. The highest BCUT2D eigenvalue weighted by Crippen LogP contribution is 2.37. The second kappa shape index (κ2) is 11.1. The molecule has 35 heavy (non-hydrogen) atoms. The van der Waals surface area contributed by atoms with E-state index < -0.39 is 0 Å². The van der Waals surface area contributed by atoms with Crippen LogP contribution in [0.5, 0.6) is 0 Å². The maximum absolute atomic E-state index is 14.0. The van der Waals surface area contributed by atoms with Crippen molar-refractivity contribution in [2.24, 2.45) is 0 Å². The van der Waals surface area contributed by atoms with Crippen LogP contribution in [0, 0.1) is 5.82 Å². The van der Waals surface area contributed by atoms with Gasteiger partial charge in [0.15, 0.2) is 0 Å². The number of piperazine rings is 1. The summed E-state index contributed by atoms with van der Waals surface area (Å²) in [5.41, 5.74) is 4.08. The molecule has 0 saturated carbocycles. The van der Waals surface area contributed by atoms with Crippen LogP contribution in [0.3, 0.4) is 0 Å². The number of nitrogens with one attached hydrogen (secondary N) is 1. The fraction of sp³-hybridized carbons (Fsp3) is 0.407. The Morgan fingerprint density at radius 2 is 1.89 bits per heavy atom. The summed E-state index contributed by atoms with van der Waals surface area (Å²) >= 11 is 7.89. The Labute approximate surface area is 215 Å². The monoisotopic (exact) mass is 512 g/mol. The first-order valence-electron chi connectivity index (χ1n) is 12.3. The molecular formula is C27H30ClFN4OS.